The van der Waals surface area contributed by atoms with Crippen molar-refractivity contribution in [1.82, 2.24) is 4.98 Å². The quantitative estimate of drug-likeness (QED) is 0.373. The fourth-order valence-electron chi connectivity index (χ4n) is 2.37. The third-order valence-corrected chi connectivity index (χ3v) is 3.90. The zero-order valence-electron chi connectivity index (χ0n) is 17.0. The molecule has 10 heteroatoms. The second kappa shape index (κ2) is 11.5. The van der Waals surface area contributed by atoms with E-state index in [1.165, 1.54) is 12.3 Å². The summed E-state index contributed by atoms with van der Waals surface area (Å²) in [5, 5.41) is 10.2. The maximum Gasteiger partial charge on any atom is 0.337 e. The Morgan fingerprint density at radius 2 is 1.90 bits per heavy atom. The number of nitrogens with zero attached hydrogens (tertiary/aromatic N) is 2. The number of rotatable bonds is 13. The standard InChI is InChI=1S/C19H28N2O8/c1-4-27-18(23)19(2)13-29-17(21-19)16-15(22)11-14(12-20-16)28-10-9-26-8-7-25-6-5-24-3/h11-12,22H,4-10,13H2,1-3H3. The molecule has 162 valence electrons. The smallest absolute Gasteiger partial charge is 0.337 e. The minimum Gasteiger partial charge on any atom is -0.505 e. The maximum absolute atomic E-state index is 12.0. The lowest BCUT2D eigenvalue weighted by molar-refractivity contribution is -0.149. The van der Waals surface area contributed by atoms with Crippen molar-refractivity contribution in [1.29, 1.82) is 0 Å². The Kier molecular flexibility index (Phi) is 9.10. The number of methoxy groups -OCH3 is 1. The van der Waals surface area contributed by atoms with Gasteiger partial charge < -0.3 is 33.5 Å². The van der Waals surface area contributed by atoms with E-state index < -0.39 is 11.5 Å². The number of hydrogen-bond acceptors (Lipinski definition) is 10. The SMILES string of the molecule is CCOC(=O)C1(C)COC(c2ncc(OCCOCCOCCOC)cc2O)=N1. The first kappa shape index (κ1) is 22.9. The number of pyridine rings is 1. The van der Waals surface area contributed by atoms with Crippen LogP contribution in [0.15, 0.2) is 17.3 Å². The fraction of sp³-hybridized carbons (Fsp3) is 0.632. The molecule has 0 aromatic carbocycles. The molecule has 1 aromatic rings. The van der Waals surface area contributed by atoms with E-state index in [9.17, 15) is 9.90 Å². The van der Waals surface area contributed by atoms with E-state index in [-0.39, 0.29) is 37.2 Å². The highest BCUT2D eigenvalue weighted by atomic mass is 16.6. The molecule has 2 heterocycles. The third kappa shape index (κ3) is 6.84. The highest BCUT2D eigenvalue weighted by Gasteiger charge is 2.42. The van der Waals surface area contributed by atoms with Crippen LogP contribution < -0.4 is 4.74 Å². The van der Waals surface area contributed by atoms with Gasteiger partial charge in [0.05, 0.1) is 45.8 Å². The molecule has 0 radical (unpaired) electrons. The van der Waals surface area contributed by atoms with Crippen molar-refractivity contribution in [2.45, 2.75) is 19.4 Å². The van der Waals surface area contributed by atoms with E-state index in [0.29, 0.717) is 38.8 Å². The normalized spacial score (nSPS) is 18.2. The Hall–Kier alpha value is -2.43. The number of aliphatic imine (C=N–C) groups is 1. The van der Waals surface area contributed by atoms with Crippen LogP contribution >= 0.6 is 0 Å². The zero-order chi connectivity index (χ0) is 21.1. The van der Waals surface area contributed by atoms with Gasteiger partial charge >= 0.3 is 5.97 Å². The highest BCUT2D eigenvalue weighted by Crippen LogP contribution is 2.28. The van der Waals surface area contributed by atoms with Gasteiger partial charge in [-0.05, 0) is 13.8 Å². The maximum atomic E-state index is 12.0. The molecule has 1 unspecified atom stereocenters. The molecule has 1 aromatic heterocycles. The summed E-state index contributed by atoms with van der Waals surface area (Å²) in [6, 6.07) is 1.40. The van der Waals surface area contributed by atoms with Gasteiger partial charge in [0.15, 0.2) is 17.0 Å². The average Bonchev–Trinajstić information content (AvgIpc) is 3.10. The van der Waals surface area contributed by atoms with Gasteiger partial charge in [-0.2, -0.15) is 0 Å². The predicted octanol–water partition coefficient (Wildman–Crippen LogP) is 0.944. The summed E-state index contributed by atoms with van der Waals surface area (Å²) in [6.45, 7) is 6.26. The lowest BCUT2D eigenvalue weighted by atomic mass is 10.1. The van der Waals surface area contributed by atoms with Crippen LogP contribution in [0.1, 0.15) is 19.5 Å². The number of ether oxygens (including phenoxy) is 6. The second-order valence-electron chi connectivity index (χ2n) is 6.30. The molecule has 2 rings (SSSR count). The van der Waals surface area contributed by atoms with Gasteiger partial charge in [0.25, 0.3) is 0 Å². The Morgan fingerprint density at radius 3 is 2.55 bits per heavy atom. The van der Waals surface area contributed by atoms with E-state index in [1.807, 2.05) is 0 Å². The van der Waals surface area contributed by atoms with Gasteiger partial charge in [-0.3, -0.25) is 0 Å². The first-order valence-electron chi connectivity index (χ1n) is 9.36. The fourth-order valence-corrected chi connectivity index (χ4v) is 2.37. The molecule has 0 saturated heterocycles. The molecule has 1 aliphatic heterocycles. The molecular formula is C19H28N2O8. The number of hydrogen-bond donors (Lipinski definition) is 1. The van der Waals surface area contributed by atoms with Gasteiger partial charge in [-0.15, -0.1) is 0 Å². The Labute approximate surface area is 169 Å². The minimum atomic E-state index is -1.15. The van der Waals surface area contributed by atoms with Crippen molar-refractivity contribution in [2.75, 3.05) is 60.0 Å². The summed E-state index contributed by atoms with van der Waals surface area (Å²) in [5.41, 5.74) is -1.02. The summed E-state index contributed by atoms with van der Waals surface area (Å²) in [6.07, 6.45) is 1.44. The van der Waals surface area contributed by atoms with E-state index in [0.717, 1.165) is 0 Å². The summed E-state index contributed by atoms with van der Waals surface area (Å²) in [5.74, 6) is -0.195. The van der Waals surface area contributed by atoms with Gasteiger partial charge in [-0.25, -0.2) is 14.8 Å². The van der Waals surface area contributed by atoms with Crippen molar-refractivity contribution < 1.29 is 38.3 Å². The van der Waals surface area contributed by atoms with Crippen molar-refractivity contribution in [2.24, 2.45) is 4.99 Å². The molecule has 29 heavy (non-hydrogen) atoms. The predicted molar refractivity (Wildman–Crippen MR) is 102 cm³/mol. The van der Waals surface area contributed by atoms with Crippen LogP contribution in [0.2, 0.25) is 0 Å². The van der Waals surface area contributed by atoms with Crippen molar-refractivity contribution in [3.8, 4) is 11.5 Å². The van der Waals surface area contributed by atoms with E-state index in [4.69, 9.17) is 28.4 Å². The van der Waals surface area contributed by atoms with Crippen molar-refractivity contribution in [3.05, 3.63) is 18.0 Å². The summed E-state index contributed by atoms with van der Waals surface area (Å²) in [4.78, 5) is 20.4. The van der Waals surface area contributed by atoms with Gasteiger partial charge in [0.2, 0.25) is 5.90 Å². The van der Waals surface area contributed by atoms with Crippen LogP contribution in [0, 0.1) is 0 Å². The summed E-state index contributed by atoms with van der Waals surface area (Å²) < 4.78 is 31.5. The van der Waals surface area contributed by atoms with Crippen molar-refractivity contribution >= 4 is 11.9 Å². The lowest BCUT2D eigenvalue weighted by Gasteiger charge is -2.15. The number of esters is 1. The first-order chi connectivity index (χ1) is 14.0. The van der Waals surface area contributed by atoms with Gasteiger partial charge in [0.1, 0.15) is 19.0 Å². The summed E-state index contributed by atoms with van der Waals surface area (Å²) >= 11 is 0. The topological polar surface area (TPSA) is 118 Å². The second-order valence-corrected chi connectivity index (χ2v) is 6.30. The Balaban J connectivity index is 1.79. The lowest BCUT2D eigenvalue weighted by Crippen LogP contribution is -2.36. The van der Waals surface area contributed by atoms with Crippen molar-refractivity contribution in [3.63, 3.8) is 0 Å². The zero-order valence-corrected chi connectivity index (χ0v) is 17.0. The molecule has 0 spiro atoms. The summed E-state index contributed by atoms with van der Waals surface area (Å²) in [7, 11) is 1.62. The van der Waals surface area contributed by atoms with Crippen LogP contribution in [0.25, 0.3) is 0 Å². The van der Waals surface area contributed by atoms with Crippen LogP contribution in [0.4, 0.5) is 0 Å². The molecule has 0 bridgehead atoms. The number of aromatic hydroxyl groups is 1. The molecule has 10 nitrogen and oxygen atoms in total. The number of carbonyl (C=O) groups is 1. The molecule has 0 amide bonds. The number of carbonyl (C=O) groups excluding carboxylic acids is 1. The molecule has 0 aliphatic carbocycles. The molecule has 0 saturated carbocycles. The van der Waals surface area contributed by atoms with Crippen LogP contribution in [0.3, 0.4) is 0 Å². The monoisotopic (exact) mass is 412 g/mol. The van der Waals surface area contributed by atoms with Gasteiger partial charge in [-0.1, -0.05) is 0 Å². The van der Waals surface area contributed by atoms with E-state index >= 15 is 0 Å². The van der Waals surface area contributed by atoms with E-state index in [2.05, 4.69) is 9.98 Å². The van der Waals surface area contributed by atoms with Crippen LogP contribution in [0.5, 0.6) is 11.5 Å². The first-order valence-corrected chi connectivity index (χ1v) is 9.36. The molecule has 1 N–H and O–H groups in total. The largest absolute Gasteiger partial charge is 0.505 e. The molecule has 1 aliphatic rings. The third-order valence-electron chi connectivity index (χ3n) is 3.90. The molecule has 0 fully saturated rings. The number of aromatic nitrogens is 1. The Bertz CT molecular complexity index is 697. The molecular weight excluding hydrogens is 384 g/mol. The minimum absolute atomic E-state index is 0.0209. The van der Waals surface area contributed by atoms with Crippen LogP contribution in [-0.2, 0) is 28.5 Å². The average molecular weight is 412 g/mol. The molecule has 1 atom stereocenters. The Morgan fingerprint density at radius 1 is 1.21 bits per heavy atom. The van der Waals surface area contributed by atoms with Crippen LogP contribution in [-0.4, -0.2) is 87.5 Å². The van der Waals surface area contributed by atoms with Gasteiger partial charge in [0, 0.05) is 13.2 Å². The highest BCUT2D eigenvalue weighted by molar-refractivity contribution is 5.99. The van der Waals surface area contributed by atoms with E-state index in [1.54, 1.807) is 21.0 Å².